The minimum absolute atomic E-state index is 0.390. The van der Waals surface area contributed by atoms with Crippen LogP contribution >= 0.6 is 0 Å². The van der Waals surface area contributed by atoms with Gasteiger partial charge >= 0.3 is 6.09 Å². The van der Waals surface area contributed by atoms with Crippen molar-refractivity contribution < 1.29 is 9.53 Å². The van der Waals surface area contributed by atoms with Gasteiger partial charge in [0.2, 0.25) is 0 Å². The van der Waals surface area contributed by atoms with E-state index in [1.165, 1.54) is 4.90 Å². The third-order valence-corrected chi connectivity index (χ3v) is 3.56. The lowest BCUT2D eigenvalue weighted by atomic mass is 10.0. The lowest BCUT2D eigenvalue weighted by molar-refractivity contribution is 0.0234. The highest BCUT2D eigenvalue weighted by Gasteiger charge is 2.34. The van der Waals surface area contributed by atoms with Crippen molar-refractivity contribution in [3.63, 3.8) is 0 Å². The average Bonchev–Trinajstić information content (AvgIpc) is 2.54. The number of hydrogen-bond acceptors (Lipinski definition) is 4. The molecule has 5 nitrogen and oxygen atoms in total. The second-order valence-corrected chi connectivity index (χ2v) is 5.92. The normalized spacial score (nSPS) is 16.3. The molecule has 1 amide bonds. The topological polar surface area (TPSA) is 55.3 Å². The molecule has 1 aliphatic rings. The maximum atomic E-state index is 12.0. The number of aromatic nitrogens is 2. The van der Waals surface area contributed by atoms with Crippen molar-refractivity contribution in [1.29, 1.82) is 0 Å². The van der Waals surface area contributed by atoms with Gasteiger partial charge in [-0.15, -0.1) is 10.2 Å². The molecule has 0 saturated carbocycles. The second kappa shape index (κ2) is 6.09. The van der Waals surface area contributed by atoms with Crippen LogP contribution in [0.25, 0.3) is 0 Å². The van der Waals surface area contributed by atoms with Gasteiger partial charge in [0.1, 0.15) is 11.3 Å². The van der Waals surface area contributed by atoms with Gasteiger partial charge in [0, 0.05) is 18.5 Å². The van der Waals surface area contributed by atoms with Crippen LogP contribution in [0.15, 0.2) is 42.5 Å². The van der Waals surface area contributed by atoms with Crippen LogP contribution in [-0.4, -0.2) is 28.4 Å². The number of carbonyl (C=O) groups excluding carboxylic acids is 1. The Hall–Kier alpha value is -2.87. The molecule has 1 aromatic heterocycles. The van der Waals surface area contributed by atoms with Gasteiger partial charge in [0.15, 0.2) is 5.82 Å². The van der Waals surface area contributed by atoms with Gasteiger partial charge in [0.25, 0.3) is 0 Å². The van der Waals surface area contributed by atoms with Crippen molar-refractivity contribution in [2.45, 2.75) is 25.9 Å². The minimum Gasteiger partial charge on any atom is -0.443 e. The molecule has 5 heteroatoms. The maximum absolute atomic E-state index is 12.0. The van der Waals surface area contributed by atoms with Gasteiger partial charge in [-0.05, 0) is 44.0 Å². The predicted octanol–water partition coefficient (Wildman–Crippen LogP) is 3.00. The maximum Gasteiger partial charge on any atom is 0.416 e. The zero-order valence-electron chi connectivity index (χ0n) is 13.1. The molecule has 116 valence electrons. The van der Waals surface area contributed by atoms with Crippen LogP contribution in [0.4, 0.5) is 10.6 Å². The van der Waals surface area contributed by atoms with Gasteiger partial charge in [-0.25, -0.2) is 4.79 Å². The molecule has 0 N–H and O–H groups in total. The minimum atomic E-state index is -0.428. The quantitative estimate of drug-likeness (QED) is 0.760. The standard InChI is InChI=1S/C18H17N3O2/c1-18(2)12-13-21(17(22)23-18)16-11-10-15(19-20-16)9-8-14-6-4-3-5-7-14/h3-7,10-11H,12-13H2,1-2H3. The van der Waals surface area contributed by atoms with Crippen molar-refractivity contribution in [3.05, 3.63) is 53.7 Å². The van der Waals surface area contributed by atoms with Crippen LogP contribution in [0.3, 0.4) is 0 Å². The molecule has 0 spiro atoms. The number of nitrogens with zero attached hydrogens (tertiary/aromatic N) is 3. The molecule has 1 saturated heterocycles. The van der Waals surface area contributed by atoms with E-state index in [0.717, 1.165) is 12.0 Å². The Balaban J connectivity index is 1.73. The van der Waals surface area contributed by atoms with Crippen LogP contribution in [0.2, 0.25) is 0 Å². The van der Waals surface area contributed by atoms with Gasteiger partial charge in [-0.3, -0.25) is 4.90 Å². The molecule has 0 radical (unpaired) electrons. The van der Waals surface area contributed by atoms with Gasteiger partial charge < -0.3 is 4.74 Å². The smallest absolute Gasteiger partial charge is 0.416 e. The fraction of sp³-hybridized carbons (Fsp3) is 0.278. The van der Waals surface area contributed by atoms with E-state index in [2.05, 4.69) is 22.0 Å². The molecule has 23 heavy (non-hydrogen) atoms. The molecule has 1 fully saturated rings. The summed E-state index contributed by atoms with van der Waals surface area (Å²) in [6.07, 6.45) is 0.356. The summed E-state index contributed by atoms with van der Waals surface area (Å²) in [6, 6.07) is 13.2. The summed E-state index contributed by atoms with van der Waals surface area (Å²) in [5, 5.41) is 8.15. The van der Waals surface area contributed by atoms with Crippen LogP contribution in [-0.2, 0) is 4.74 Å². The molecule has 2 heterocycles. The Kier molecular flexibility index (Phi) is 3.98. The summed E-state index contributed by atoms with van der Waals surface area (Å²) in [5.74, 6) is 6.46. The number of cyclic esters (lactones) is 1. The predicted molar refractivity (Wildman–Crippen MR) is 87.0 cm³/mol. The second-order valence-electron chi connectivity index (χ2n) is 5.92. The monoisotopic (exact) mass is 307 g/mol. The third-order valence-electron chi connectivity index (χ3n) is 3.56. The summed E-state index contributed by atoms with van der Waals surface area (Å²) in [4.78, 5) is 13.5. The fourth-order valence-corrected chi connectivity index (χ4v) is 2.22. The fourth-order valence-electron chi connectivity index (χ4n) is 2.22. The number of hydrogen-bond donors (Lipinski definition) is 0. The van der Waals surface area contributed by atoms with Crippen molar-refractivity contribution >= 4 is 11.9 Å². The molecule has 1 aliphatic heterocycles. The van der Waals surface area contributed by atoms with E-state index >= 15 is 0 Å². The number of rotatable bonds is 1. The Morgan fingerprint density at radius 3 is 2.52 bits per heavy atom. The molecule has 2 aromatic rings. The van der Waals surface area contributed by atoms with Crippen LogP contribution in [0.5, 0.6) is 0 Å². The van der Waals surface area contributed by atoms with E-state index in [1.807, 2.05) is 44.2 Å². The van der Waals surface area contributed by atoms with E-state index in [1.54, 1.807) is 12.1 Å². The summed E-state index contributed by atoms with van der Waals surface area (Å²) in [7, 11) is 0. The molecule has 0 unspecified atom stereocenters. The number of ether oxygens (including phenoxy) is 1. The van der Waals surface area contributed by atoms with E-state index in [9.17, 15) is 4.79 Å². The van der Waals surface area contributed by atoms with Crippen molar-refractivity contribution in [3.8, 4) is 11.8 Å². The molecule has 0 atom stereocenters. The molecular formula is C18H17N3O2. The SMILES string of the molecule is CC1(C)CCN(c2ccc(C#Cc3ccccc3)nn2)C(=O)O1. The number of amides is 1. The zero-order valence-corrected chi connectivity index (χ0v) is 13.1. The van der Waals surface area contributed by atoms with Gasteiger partial charge in [-0.1, -0.05) is 24.1 Å². The van der Waals surface area contributed by atoms with E-state index in [4.69, 9.17) is 4.74 Å². The van der Waals surface area contributed by atoms with Crippen molar-refractivity contribution in [2.24, 2.45) is 0 Å². The average molecular weight is 307 g/mol. The number of benzene rings is 1. The lowest BCUT2D eigenvalue weighted by Crippen LogP contribution is -2.47. The highest BCUT2D eigenvalue weighted by Crippen LogP contribution is 2.25. The Morgan fingerprint density at radius 2 is 1.87 bits per heavy atom. The van der Waals surface area contributed by atoms with Crippen molar-refractivity contribution in [2.75, 3.05) is 11.4 Å². The Bertz CT molecular complexity index is 758. The van der Waals surface area contributed by atoms with Crippen molar-refractivity contribution in [1.82, 2.24) is 10.2 Å². The summed E-state index contributed by atoms with van der Waals surface area (Å²) < 4.78 is 5.37. The number of carbonyl (C=O) groups is 1. The molecule has 3 rings (SSSR count). The Labute approximate surface area is 135 Å². The summed E-state index contributed by atoms with van der Waals surface area (Å²) >= 11 is 0. The molecule has 0 aliphatic carbocycles. The first kappa shape index (κ1) is 15.0. The molecular weight excluding hydrogens is 290 g/mol. The van der Waals surface area contributed by atoms with Crippen LogP contribution in [0, 0.1) is 11.8 Å². The van der Waals surface area contributed by atoms with Gasteiger partial charge in [0.05, 0.1) is 0 Å². The first-order valence-electron chi connectivity index (χ1n) is 7.45. The summed E-state index contributed by atoms with van der Waals surface area (Å²) in [6.45, 7) is 4.36. The highest BCUT2D eigenvalue weighted by atomic mass is 16.6. The largest absolute Gasteiger partial charge is 0.443 e. The molecule has 0 bridgehead atoms. The van der Waals surface area contributed by atoms with E-state index in [-0.39, 0.29) is 0 Å². The first-order chi connectivity index (χ1) is 11.0. The first-order valence-corrected chi connectivity index (χ1v) is 7.45. The van der Waals surface area contributed by atoms with Gasteiger partial charge in [-0.2, -0.15) is 0 Å². The van der Waals surface area contributed by atoms with E-state index < -0.39 is 11.7 Å². The molecule has 1 aromatic carbocycles. The van der Waals surface area contributed by atoms with E-state index in [0.29, 0.717) is 18.1 Å². The number of anilines is 1. The highest BCUT2D eigenvalue weighted by molar-refractivity contribution is 5.87. The van der Waals surface area contributed by atoms with Crippen LogP contribution < -0.4 is 4.90 Å². The zero-order chi connectivity index (χ0) is 16.3. The Morgan fingerprint density at radius 1 is 1.09 bits per heavy atom. The summed E-state index contributed by atoms with van der Waals surface area (Å²) in [5.41, 5.74) is 1.05. The third kappa shape index (κ3) is 3.67. The van der Waals surface area contributed by atoms with Crippen LogP contribution in [0.1, 0.15) is 31.5 Å². The lowest BCUT2D eigenvalue weighted by Gasteiger charge is -2.35.